The number of ether oxygens (including phenoxy) is 1. The van der Waals surface area contributed by atoms with E-state index in [0.717, 1.165) is 21.5 Å². The van der Waals surface area contributed by atoms with E-state index in [2.05, 4.69) is 45.7 Å². The fraction of sp³-hybridized carbons (Fsp3) is 0.167. The lowest BCUT2D eigenvalue weighted by Gasteiger charge is -2.15. The minimum absolute atomic E-state index is 0.212. The van der Waals surface area contributed by atoms with Crippen LogP contribution in [0.5, 0.6) is 5.75 Å². The van der Waals surface area contributed by atoms with Crippen LogP contribution in [0.4, 0.5) is 17.1 Å². The molecule has 1 amide bonds. The van der Waals surface area contributed by atoms with Gasteiger partial charge in [0.1, 0.15) is 5.75 Å². The first-order chi connectivity index (χ1) is 14.9. The Kier molecular flexibility index (Phi) is 8.03. The van der Waals surface area contributed by atoms with Crippen molar-refractivity contribution in [1.29, 1.82) is 0 Å². The standard InChI is InChI=1S/C24H24BrN3O2S/c1-16(2)15-30-22-13-8-17(25)14-21(22)23(29)28-24(31)27-20-11-9-19(10-12-20)26-18-6-4-3-5-7-18/h3-14,16,26H,15H2,1-2H3,(H2,27,28,29,31). The molecule has 0 spiro atoms. The van der Waals surface area contributed by atoms with Crippen LogP contribution in [0.3, 0.4) is 0 Å². The maximum Gasteiger partial charge on any atom is 0.261 e. The van der Waals surface area contributed by atoms with E-state index < -0.39 is 0 Å². The van der Waals surface area contributed by atoms with Crippen LogP contribution in [-0.2, 0) is 0 Å². The molecule has 0 bridgehead atoms. The number of anilines is 3. The van der Waals surface area contributed by atoms with E-state index in [0.29, 0.717) is 23.8 Å². The predicted octanol–water partition coefficient (Wildman–Crippen LogP) is 6.35. The van der Waals surface area contributed by atoms with Crippen molar-refractivity contribution in [2.45, 2.75) is 13.8 Å². The predicted molar refractivity (Wildman–Crippen MR) is 134 cm³/mol. The quantitative estimate of drug-likeness (QED) is 0.331. The molecular weight excluding hydrogens is 474 g/mol. The van der Waals surface area contributed by atoms with E-state index in [1.165, 1.54) is 0 Å². The summed E-state index contributed by atoms with van der Waals surface area (Å²) in [6, 6.07) is 22.9. The molecule has 0 aliphatic heterocycles. The van der Waals surface area contributed by atoms with Gasteiger partial charge in [-0.15, -0.1) is 0 Å². The van der Waals surface area contributed by atoms with Crippen LogP contribution in [0.25, 0.3) is 0 Å². The van der Waals surface area contributed by atoms with Crippen LogP contribution in [0.1, 0.15) is 24.2 Å². The van der Waals surface area contributed by atoms with Crippen LogP contribution in [0.15, 0.2) is 77.3 Å². The Hall–Kier alpha value is -2.90. The van der Waals surface area contributed by atoms with Crippen molar-refractivity contribution in [3.8, 4) is 5.75 Å². The molecule has 0 unspecified atom stereocenters. The number of carbonyl (C=O) groups excluding carboxylic acids is 1. The first-order valence-corrected chi connectivity index (χ1v) is 11.1. The third kappa shape index (κ3) is 7.08. The molecule has 0 saturated heterocycles. The lowest BCUT2D eigenvalue weighted by atomic mass is 10.2. The molecule has 0 heterocycles. The fourth-order valence-corrected chi connectivity index (χ4v) is 3.29. The van der Waals surface area contributed by atoms with Gasteiger partial charge in [0, 0.05) is 21.5 Å². The van der Waals surface area contributed by atoms with E-state index in [1.54, 1.807) is 12.1 Å². The van der Waals surface area contributed by atoms with Crippen LogP contribution in [0, 0.1) is 5.92 Å². The Morgan fingerprint density at radius 2 is 1.61 bits per heavy atom. The average molecular weight is 498 g/mol. The number of amides is 1. The number of thiocarbonyl (C=S) groups is 1. The monoisotopic (exact) mass is 497 g/mol. The van der Waals surface area contributed by atoms with E-state index >= 15 is 0 Å². The third-order valence-corrected chi connectivity index (χ3v) is 4.89. The molecule has 3 aromatic carbocycles. The zero-order valence-electron chi connectivity index (χ0n) is 17.3. The van der Waals surface area contributed by atoms with Gasteiger partial charge in [-0.25, -0.2) is 0 Å². The van der Waals surface area contributed by atoms with Gasteiger partial charge >= 0.3 is 0 Å². The second-order valence-corrected chi connectivity index (χ2v) is 8.65. The van der Waals surface area contributed by atoms with Gasteiger partial charge in [0.05, 0.1) is 12.2 Å². The SMILES string of the molecule is CC(C)COc1ccc(Br)cc1C(=O)NC(=S)Nc1ccc(Nc2ccccc2)cc1. The third-order valence-electron chi connectivity index (χ3n) is 4.19. The van der Waals surface area contributed by atoms with Gasteiger partial charge in [0.15, 0.2) is 5.11 Å². The number of carbonyl (C=O) groups is 1. The molecule has 0 fully saturated rings. The molecule has 5 nitrogen and oxygen atoms in total. The van der Waals surface area contributed by atoms with Crippen LogP contribution in [-0.4, -0.2) is 17.6 Å². The summed E-state index contributed by atoms with van der Waals surface area (Å²) in [5.41, 5.74) is 3.15. The maximum absolute atomic E-state index is 12.8. The summed E-state index contributed by atoms with van der Waals surface area (Å²) in [5.74, 6) is 0.537. The van der Waals surface area contributed by atoms with Gasteiger partial charge in [-0.3, -0.25) is 10.1 Å². The second kappa shape index (κ2) is 10.9. The molecule has 0 atom stereocenters. The number of rotatable bonds is 7. The van der Waals surface area contributed by atoms with Gasteiger partial charge < -0.3 is 15.4 Å². The van der Waals surface area contributed by atoms with Crippen molar-refractivity contribution >= 4 is 56.2 Å². The first kappa shape index (κ1) is 22.8. The molecule has 0 aliphatic carbocycles. The minimum Gasteiger partial charge on any atom is -0.492 e. The van der Waals surface area contributed by atoms with Crippen molar-refractivity contribution in [3.05, 3.63) is 82.8 Å². The highest BCUT2D eigenvalue weighted by Gasteiger charge is 2.15. The number of hydrogen-bond donors (Lipinski definition) is 3. The molecule has 0 aromatic heterocycles. The number of nitrogens with one attached hydrogen (secondary N) is 3. The number of hydrogen-bond acceptors (Lipinski definition) is 4. The summed E-state index contributed by atoms with van der Waals surface area (Å²) in [6.45, 7) is 4.63. The summed E-state index contributed by atoms with van der Waals surface area (Å²) in [7, 11) is 0. The number of benzene rings is 3. The lowest BCUT2D eigenvalue weighted by molar-refractivity contribution is 0.0973. The molecular formula is C24H24BrN3O2S. The van der Waals surface area contributed by atoms with Gasteiger partial charge in [-0.2, -0.15) is 0 Å². The van der Waals surface area contributed by atoms with Crippen LogP contribution < -0.4 is 20.7 Å². The van der Waals surface area contributed by atoms with E-state index in [4.69, 9.17) is 17.0 Å². The van der Waals surface area contributed by atoms with Gasteiger partial charge in [0.2, 0.25) is 0 Å². The Bertz CT molecular complexity index is 1040. The minimum atomic E-state index is -0.333. The molecule has 3 aromatic rings. The van der Waals surface area contributed by atoms with Gasteiger partial charge in [0.25, 0.3) is 5.91 Å². The number of para-hydroxylation sites is 1. The van der Waals surface area contributed by atoms with E-state index in [9.17, 15) is 4.79 Å². The Labute approximate surface area is 196 Å². The van der Waals surface area contributed by atoms with Crippen molar-refractivity contribution in [3.63, 3.8) is 0 Å². The molecule has 3 N–H and O–H groups in total. The summed E-state index contributed by atoms with van der Waals surface area (Å²) >= 11 is 8.73. The lowest BCUT2D eigenvalue weighted by Crippen LogP contribution is -2.34. The van der Waals surface area contributed by atoms with Crippen molar-refractivity contribution in [1.82, 2.24) is 5.32 Å². The van der Waals surface area contributed by atoms with Crippen molar-refractivity contribution in [2.24, 2.45) is 5.92 Å². The van der Waals surface area contributed by atoms with Crippen molar-refractivity contribution in [2.75, 3.05) is 17.2 Å². The fourth-order valence-electron chi connectivity index (χ4n) is 2.72. The molecule has 0 saturated carbocycles. The van der Waals surface area contributed by atoms with Crippen molar-refractivity contribution < 1.29 is 9.53 Å². The average Bonchev–Trinajstić information content (AvgIpc) is 2.74. The number of halogens is 1. The normalized spacial score (nSPS) is 10.5. The molecule has 0 aliphatic rings. The van der Waals surface area contributed by atoms with Gasteiger partial charge in [-0.05, 0) is 72.7 Å². The Balaban J connectivity index is 1.60. The smallest absolute Gasteiger partial charge is 0.261 e. The highest BCUT2D eigenvalue weighted by Crippen LogP contribution is 2.24. The van der Waals surface area contributed by atoms with Crippen LogP contribution in [0.2, 0.25) is 0 Å². The molecule has 160 valence electrons. The summed E-state index contributed by atoms with van der Waals surface area (Å²) in [6.07, 6.45) is 0. The van der Waals surface area contributed by atoms with Gasteiger partial charge in [-0.1, -0.05) is 48.0 Å². The highest BCUT2D eigenvalue weighted by molar-refractivity contribution is 9.10. The first-order valence-electron chi connectivity index (χ1n) is 9.87. The van der Waals surface area contributed by atoms with Crippen LogP contribution >= 0.6 is 28.1 Å². The highest BCUT2D eigenvalue weighted by atomic mass is 79.9. The zero-order valence-corrected chi connectivity index (χ0v) is 19.7. The largest absolute Gasteiger partial charge is 0.492 e. The molecule has 3 rings (SSSR count). The second-order valence-electron chi connectivity index (χ2n) is 7.32. The molecule has 31 heavy (non-hydrogen) atoms. The Morgan fingerprint density at radius 1 is 0.968 bits per heavy atom. The summed E-state index contributed by atoms with van der Waals surface area (Å²) in [5, 5.41) is 9.29. The Morgan fingerprint density at radius 3 is 2.29 bits per heavy atom. The van der Waals surface area contributed by atoms with E-state index in [-0.39, 0.29) is 11.0 Å². The maximum atomic E-state index is 12.8. The summed E-state index contributed by atoms with van der Waals surface area (Å²) < 4.78 is 6.57. The zero-order chi connectivity index (χ0) is 22.2. The topological polar surface area (TPSA) is 62.4 Å². The molecule has 7 heteroatoms. The molecule has 0 radical (unpaired) electrons. The van der Waals surface area contributed by atoms with E-state index in [1.807, 2.05) is 60.7 Å². The summed E-state index contributed by atoms with van der Waals surface area (Å²) in [4.78, 5) is 12.8.